The number of hydrogen-bond donors (Lipinski definition) is 2. The van der Waals surface area contributed by atoms with Gasteiger partial charge in [-0.1, -0.05) is 19.1 Å². The van der Waals surface area contributed by atoms with E-state index >= 15 is 0 Å². The van der Waals surface area contributed by atoms with Crippen molar-refractivity contribution in [3.8, 4) is 0 Å². The van der Waals surface area contributed by atoms with Gasteiger partial charge in [0.1, 0.15) is 0 Å². The monoisotopic (exact) mass is 319 g/mol. The van der Waals surface area contributed by atoms with Crippen LogP contribution in [0.2, 0.25) is 0 Å². The van der Waals surface area contributed by atoms with Gasteiger partial charge in [0.25, 0.3) is 0 Å². The normalized spacial score (nSPS) is 20.2. The lowest BCUT2D eigenvalue weighted by Crippen LogP contribution is -2.47. The van der Waals surface area contributed by atoms with Crippen LogP contribution in [0, 0.1) is 5.92 Å². The standard InChI is InChI=1S/C18H29N3O2/c1-13(17(23-3)16-8-5-10-20-16)18(22)21(2)11-9-14-6-4-7-15(19)12-14/h4,6-7,12-13,16-17,20H,5,8-11,19H2,1-3H3/t13-,16+,17-/m1/s1. The number of nitrogens with two attached hydrogens (primary N) is 1. The van der Waals surface area contributed by atoms with E-state index in [1.807, 2.05) is 38.2 Å². The largest absolute Gasteiger partial charge is 0.399 e. The Bertz CT molecular complexity index is 515. The second kappa shape index (κ2) is 8.31. The molecule has 3 atom stereocenters. The van der Waals surface area contributed by atoms with Gasteiger partial charge >= 0.3 is 0 Å². The molecule has 1 aliphatic rings. The van der Waals surface area contributed by atoms with Crippen LogP contribution in [-0.2, 0) is 16.0 Å². The molecule has 0 spiro atoms. The zero-order valence-corrected chi connectivity index (χ0v) is 14.4. The summed E-state index contributed by atoms with van der Waals surface area (Å²) in [6.45, 7) is 3.66. The number of carbonyl (C=O) groups excluding carboxylic acids is 1. The average molecular weight is 319 g/mol. The molecule has 0 aliphatic carbocycles. The Labute approximate surface area is 139 Å². The molecule has 1 aromatic carbocycles. The maximum absolute atomic E-state index is 12.7. The van der Waals surface area contributed by atoms with Gasteiger partial charge in [-0.05, 0) is 43.5 Å². The number of nitrogens with one attached hydrogen (secondary N) is 1. The zero-order valence-electron chi connectivity index (χ0n) is 14.4. The molecule has 1 saturated heterocycles. The number of benzene rings is 1. The number of likely N-dealkylation sites (N-methyl/N-ethyl adjacent to an activating group) is 1. The van der Waals surface area contributed by atoms with Gasteiger partial charge in [0.2, 0.25) is 5.91 Å². The summed E-state index contributed by atoms with van der Waals surface area (Å²) < 4.78 is 5.62. The van der Waals surface area contributed by atoms with Gasteiger partial charge in [0.15, 0.2) is 0 Å². The first-order chi connectivity index (χ1) is 11.0. The molecule has 5 nitrogen and oxygen atoms in total. The molecule has 1 aliphatic heterocycles. The Hall–Kier alpha value is -1.59. The lowest BCUT2D eigenvalue weighted by atomic mass is 9.95. The minimum absolute atomic E-state index is 0.0696. The predicted octanol–water partition coefficient (Wildman–Crippen LogP) is 1.67. The van der Waals surface area contributed by atoms with Crippen molar-refractivity contribution in [3.05, 3.63) is 29.8 Å². The third kappa shape index (κ3) is 4.69. The smallest absolute Gasteiger partial charge is 0.227 e. The molecule has 23 heavy (non-hydrogen) atoms. The third-order valence-corrected chi connectivity index (χ3v) is 4.71. The Morgan fingerprint density at radius 3 is 2.91 bits per heavy atom. The maximum atomic E-state index is 12.7. The van der Waals surface area contributed by atoms with E-state index in [4.69, 9.17) is 10.5 Å². The molecular weight excluding hydrogens is 290 g/mol. The highest BCUT2D eigenvalue weighted by Crippen LogP contribution is 2.20. The highest BCUT2D eigenvalue weighted by atomic mass is 16.5. The van der Waals surface area contributed by atoms with E-state index in [0.29, 0.717) is 6.54 Å². The van der Waals surface area contributed by atoms with Crippen molar-refractivity contribution in [2.75, 3.05) is 33.0 Å². The lowest BCUT2D eigenvalue weighted by Gasteiger charge is -2.30. The third-order valence-electron chi connectivity index (χ3n) is 4.71. The molecule has 1 fully saturated rings. The van der Waals surface area contributed by atoms with Gasteiger partial charge in [-0.25, -0.2) is 0 Å². The minimum Gasteiger partial charge on any atom is -0.399 e. The summed E-state index contributed by atoms with van der Waals surface area (Å²) in [4.78, 5) is 14.5. The average Bonchev–Trinajstić information content (AvgIpc) is 3.06. The van der Waals surface area contributed by atoms with Gasteiger partial charge in [0.05, 0.1) is 12.0 Å². The quantitative estimate of drug-likeness (QED) is 0.750. The fourth-order valence-electron chi connectivity index (χ4n) is 3.35. The topological polar surface area (TPSA) is 67.6 Å². The highest BCUT2D eigenvalue weighted by molar-refractivity contribution is 5.79. The summed E-state index contributed by atoms with van der Waals surface area (Å²) in [6, 6.07) is 8.10. The van der Waals surface area contributed by atoms with Crippen molar-refractivity contribution < 1.29 is 9.53 Å². The second-order valence-electron chi connectivity index (χ2n) is 6.45. The molecule has 0 aromatic heterocycles. The van der Waals surface area contributed by atoms with Crippen LogP contribution in [0.3, 0.4) is 0 Å². The van der Waals surface area contributed by atoms with Gasteiger partial charge in [-0.15, -0.1) is 0 Å². The first-order valence-corrected chi connectivity index (χ1v) is 8.38. The molecule has 0 radical (unpaired) electrons. The van der Waals surface area contributed by atoms with Crippen LogP contribution < -0.4 is 11.1 Å². The van der Waals surface area contributed by atoms with E-state index < -0.39 is 0 Å². The van der Waals surface area contributed by atoms with Gasteiger partial charge in [-0.2, -0.15) is 0 Å². The number of rotatable bonds is 7. The fraction of sp³-hybridized carbons (Fsp3) is 0.611. The molecule has 1 aromatic rings. The van der Waals surface area contributed by atoms with Crippen molar-refractivity contribution in [3.63, 3.8) is 0 Å². The Balaban J connectivity index is 1.89. The summed E-state index contributed by atoms with van der Waals surface area (Å²) in [7, 11) is 3.56. The number of ether oxygens (including phenoxy) is 1. The van der Waals surface area contributed by atoms with Gasteiger partial charge < -0.3 is 20.7 Å². The van der Waals surface area contributed by atoms with E-state index in [1.54, 1.807) is 12.0 Å². The summed E-state index contributed by atoms with van der Waals surface area (Å²) in [5, 5.41) is 3.44. The lowest BCUT2D eigenvalue weighted by molar-refractivity contribution is -0.138. The van der Waals surface area contributed by atoms with Crippen molar-refractivity contribution in [1.29, 1.82) is 0 Å². The van der Waals surface area contributed by atoms with Crippen molar-refractivity contribution in [2.24, 2.45) is 5.92 Å². The van der Waals surface area contributed by atoms with Crippen molar-refractivity contribution in [2.45, 2.75) is 38.3 Å². The number of nitrogen functional groups attached to an aromatic ring is 1. The molecule has 1 heterocycles. The molecule has 0 unspecified atom stereocenters. The Kier molecular flexibility index (Phi) is 6.42. The van der Waals surface area contributed by atoms with Crippen LogP contribution >= 0.6 is 0 Å². The van der Waals surface area contributed by atoms with E-state index in [9.17, 15) is 4.79 Å². The molecule has 0 saturated carbocycles. The molecule has 0 bridgehead atoms. The molecule has 3 N–H and O–H groups in total. The van der Waals surface area contributed by atoms with Crippen LogP contribution in [0.4, 0.5) is 5.69 Å². The zero-order chi connectivity index (χ0) is 16.8. The SMILES string of the molecule is CO[C@@H]([C@@H]1CCCN1)[C@@H](C)C(=O)N(C)CCc1cccc(N)c1. The second-order valence-corrected chi connectivity index (χ2v) is 6.45. The number of hydrogen-bond acceptors (Lipinski definition) is 4. The molecule has 5 heteroatoms. The van der Waals surface area contributed by atoms with Gasteiger partial charge in [0, 0.05) is 32.4 Å². The number of nitrogens with zero attached hydrogens (tertiary/aromatic N) is 1. The first kappa shape index (κ1) is 17.8. The van der Waals surface area contributed by atoms with Crippen LogP contribution in [-0.4, -0.2) is 50.2 Å². The van der Waals surface area contributed by atoms with Gasteiger partial charge in [-0.3, -0.25) is 4.79 Å². The van der Waals surface area contributed by atoms with Crippen LogP contribution in [0.5, 0.6) is 0 Å². The van der Waals surface area contributed by atoms with Crippen LogP contribution in [0.25, 0.3) is 0 Å². The summed E-state index contributed by atoms with van der Waals surface area (Å²) in [5.74, 6) is -0.0177. The van der Waals surface area contributed by atoms with Crippen LogP contribution in [0.1, 0.15) is 25.3 Å². The van der Waals surface area contributed by atoms with Crippen molar-refractivity contribution in [1.82, 2.24) is 10.2 Å². The number of amides is 1. The number of carbonyl (C=O) groups is 1. The number of methoxy groups -OCH3 is 1. The Morgan fingerprint density at radius 1 is 1.52 bits per heavy atom. The van der Waals surface area contributed by atoms with E-state index in [2.05, 4.69) is 5.32 Å². The molecular formula is C18H29N3O2. The fourth-order valence-corrected chi connectivity index (χ4v) is 3.35. The summed E-state index contributed by atoms with van der Waals surface area (Å²) >= 11 is 0. The maximum Gasteiger partial charge on any atom is 0.227 e. The molecule has 2 rings (SSSR count). The summed E-state index contributed by atoms with van der Waals surface area (Å²) in [6.07, 6.45) is 2.96. The van der Waals surface area contributed by atoms with E-state index in [0.717, 1.165) is 37.1 Å². The van der Waals surface area contributed by atoms with E-state index in [-0.39, 0.29) is 24.0 Å². The minimum atomic E-state index is -0.151. The summed E-state index contributed by atoms with van der Waals surface area (Å²) in [5.41, 5.74) is 7.71. The Morgan fingerprint density at radius 2 is 2.30 bits per heavy atom. The first-order valence-electron chi connectivity index (χ1n) is 8.38. The number of anilines is 1. The van der Waals surface area contributed by atoms with E-state index in [1.165, 1.54) is 0 Å². The molecule has 128 valence electrons. The van der Waals surface area contributed by atoms with Crippen LogP contribution in [0.15, 0.2) is 24.3 Å². The highest BCUT2D eigenvalue weighted by Gasteiger charge is 2.34. The van der Waals surface area contributed by atoms with Crippen molar-refractivity contribution >= 4 is 11.6 Å². The molecule has 1 amide bonds. The predicted molar refractivity (Wildman–Crippen MR) is 93.2 cm³/mol.